The number of carbonyl (C=O) groups excluding carboxylic acids is 3. The van der Waals surface area contributed by atoms with Gasteiger partial charge in [-0.1, -0.05) is 48.6 Å². The van der Waals surface area contributed by atoms with Gasteiger partial charge in [0.15, 0.2) is 0 Å². The minimum atomic E-state index is -0.376. The topological polar surface area (TPSA) is 79.4 Å². The van der Waals surface area contributed by atoms with E-state index in [0.717, 1.165) is 33.1 Å². The number of nitrogens with zero attached hydrogens (tertiary/aromatic N) is 2. The maximum absolute atomic E-state index is 13.0. The molecule has 3 aliphatic rings. The highest BCUT2D eigenvalue weighted by Crippen LogP contribution is 2.52. The Kier molecular flexibility index (Phi) is 3.60. The van der Waals surface area contributed by atoms with Crippen molar-refractivity contribution in [1.82, 2.24) is 9.88 Å². The molecule has 148 valence electrons. The van der Waals surface area contributed by atoms with E-state index in [1.165, 1.54) is 0 Å². The third kappa shape index (κ3) is 2.36. The number of likely N-dealkylation sites (tertiary alicyclic amines) is 1. The minimum Gasteiger partial charge on any atom is -0.323 e. The molecule has 1 saturated carbocycles. The molecular weight excluding hydrogens is 378 g/mol. The summed E-state index contributed by atoms with van der Waals surface area (Å²) in [5.74, 6) is -1.10. The molecule has 1 N–H and O–H groups in total. The van der Waals surface area contributed by atoms with Crippen LogP contribution in [0.5, 0.6) is 0 Å². The fourth-order valence-corrected chi connectivity index (χ4v) is 5.42. The van der Waals surface area contributed by atoms with E-state index in [9.17, 15) is 14.4 Å². The van der Waals surface area contributed by atoms with Crippen molar-refractivity contribution >= 4 is 45.2 Å². The van der Waals surface area contributed by atoms with Crippen LogP contribution in [-0.4, -0.2) is 34.2 Å². The van der Waals surface area contributed by atoms with Gasteiger partial charge in [-0.25, -0.2) is 4.98 Å². The number of hydrogen-bond donors (Lipinski definition) is 1. The first-order valence-corrected chi connectivity index (χ1v) is 10.2. The van der Waals surface area contributed by atoms with Crippen LogP contribution in [0.1, 0.15) is 6.42 Å². The number of anilines is 1. The number of imide groups is 1. The Morgan fingerprint density at radius 3 is 2.00 bits per heavy atom. The smallest absolute Gasteiger partial charge is 0.244 e. The SMILES string of the molecule is O=C(CN1C(=O)[C@@H]2[C@H](C1=O)[C@H]1C=C[C@H]2C1)Nc1c2ccccc2nc2ccccc12. The number of aromatic nitrogens is 1. The Morgan fingerprint density at radius 2 is 1.43 bits per heavy atom. The van der Waals surface area contributed by atoms with Crippen molar-refractivity contribution in [3.8, 4) is 0 Å². The molecule has 3 aromatic rings. The lowest BCUT2D eigenvalue weighted by atomic mass is 9.85. The molecular formula is C24H19N3O3. The maximum Gasteiger partial charge on any atom is 0.244 e. The second kappa shape index (κ2) is 6.23. The predicted octanol–water partition coefficient (Wildman–Crippen LogP) is 3.13. The number of rotatable bonds is 3. The van der Waals surface area contributed by atoms with Gasteiger partial charge in [-0.2, -0.15) is 0 Å². The van der Waals surface area contributed by atoms with Gasteiger partial charge in [0, 0.05) is 10.8 Å². The molecule has 6 nitrogen and oxygen atoms in total. The predicted molar refractivity (Wildman–Crippen MR) is 112 cm³/mol. The third-order valence-corrected chi connectivity index (χ3v) is 6.72. The first kappa shape index (κ1) is 17.3. The zero-order chi connectivity index (χ0) is 20.4. The molecule has 30 heavy (non-hydrogen) atoms. The van der Waals surface area contributed by atoms with Crippen molar-refractivity contribution in [2.75, 3.05) is 11.9 Å². The van der Waals surface area contributed by atoms with Gasteiger partial charge in [-0.05, 0) is 30.4 Å². The molecule has 2 fully saturated rings. The normalized spacial score (nSPS) is 26.7. The van der Waals surface area contributed by atoms with Crippen LogP contribution in [-0.2, 0) is 14.4 Å². The molecule has 1 saturated heterocycles. The van der Waals surface area contributed by atoms with Gasteiger partial charge in [0.2, 0.25) is 17.7 Å². The van der Waals surface area contributed by atoms with Crippen molar-refractivity contribution in [3.05, 3.63) is 60.7 Å². The highest BCUT2D eigenvalue weighted by atomic mass is 16.2. The summed E-state index contributed by atoms with van der Waals surface area (Å²) in [6.07, 6.45) is 4.98. The number of para-hydroxylation sites is 2. The molecule has 1 aromatic heterocycles. The van der Waals surface area contributed by atoms with Crippen molar-refractivity contribution in [2.24, 2.45) is 23.7 Å². The molecule has 0 unspecified atom stereocenters. The van der Waals surface area contributed by atoms with E-state index in [1.807, 2.05) is 48.5 Å². The van der Waals surface area contributed by atoms with Gasteiger partial charge in [-0.3, -0.25) is 19.3 Å². The second-order valence-corrected chi connectivity index (χ2v) is 8.33. The third-order valence-electron chi connectivity index (χ3n) is 6.72. The summed E-state index contributed by atoms with van der Waals surface area (Å²) >= 11 is 0. The van der Waals surface area contributed by atoms with Crippen LogP contribution in [0.3, 0.4) is 0 Å². The molecule has 6 heteroatoms. The Balaban J connectivity index is 1.31. The average molecular weight is 397 g/mol. The van der Waals surface area contributed by atoms with E-state index in [0.29, 0.717) is 5.69 Å². The number of benzene rings is 2. The zero-order valence-electron chi connectivity index (χ0n) is 16.1. The van der Waals surface area contributed by atoms with E-state index >= 15 is 0 Å². The average Bonchev–Trinajstić information content (AvgIpc) is 3.44. The van der Waals surface area contributed by atoms with Crippen molar-refractivity contribution in [1.29, 1.82) is 0 Å². The number of hydrogen-bond acceptors (Lipinski definition) is 4. The lowest BCUT2D eigenvalue weighted by Gasteiger charge is -2.18. The first-order chi connectivity index (χ1) is 14.6. The molecule has 1 aliphatic heterocycles. The molecule has 2 aromatic carbocycles. The Morgan fingerprint density at radius 1 is 0.900 bits per heavy atom. The standard InChI is InChI=1S/C24H19N3O3/c28-19(12-27-23(29)20-13-9-10-14(11-13)21(20)24(27)30)26-22-15-5-1-3-7-17(15)25-18-8-4-2-6-16(18)22/h1-10,13-14,20-21H,11-12H2,(H,25,26,28)/t13-,14-,20-,21+/m0/s1. The van der Waals surface area contributed by atoms with Gasteiger partial charge in [0.25, 0.3) is 0 Å². The van der Waals surface area contributed by atoms with Crippen LogP contribution < -0.4 is 5.32 Å². The number of pyridine rings is 1. The molecule has 6 rings (SSSR count). The number of allylic oxidation sites excluding steroid dienone is 2. The summed E-state index contributed by atoms with van der Waals surface area (Å²) in [5, 5.41) is 4.60. The van der Waals surface area contributed by atoms with Crippen LogP contribution in [0.2, 0.25) is 0 Å². The second-order valence-electron chi connectivity index (χ2n) is 8.33. The molecule has 2 aliphatic carbocycles. The number of amides is 3. The summed E-state index contributed by atoms with van der Waals surface area (Å²) in [4.78, 5) is 44.5. The molecule has 4 atom stereocenters. The van der Waals surface area contributed by atoms with E-state index in [-0.39, 0.29) is 47.9 Å². The molecule has 2 heterocycles. The van der Waals surface area contributed by atoms with Crippen molar-refractivity contribution in [3.63, 3.8) is 0 Å². The van der Waals surface area contributed by atoms with Gasteiger partial charge in [0.1, 0.15) is 6.54 Å². The Bertz CT molecular complexity index is 1200. The minimum absolute atomic E-state index is 0.137. The van der Waals surface area contributed by atoms with E-state index < -0.39 is 0 Å². The summed E-state index contributed by atoms with van der Waals surface area (Å²) < 4.78 is 0. The number of nitrogens with one attached hydrogen (secondary N) is 1. The van der Waals surface area contributed by atoms with Crippen molar-refractivity contribution < 1.29 is 14.4 Å². The van der Waals surface area contributed by atoms with Crippen LogP contribution in [0.15, 0.2) is 60.7 Å². The summed E-state index contributed by atoms with van der Waals surface area (Å²) in [6.45, 7) is -0.255. The number of carbonyl (C=O) groups is 3. The quantitative estimate of drug-likeness (QED) is 0.418. The first-order valence-electron chi connectivity index (χ1n) is 10.2. The van der Waals surface area contributed by atoms with Gasteiger partial charge < -0.3 is 5.32 Å². The molecule has 2 bridgehead atoms. The van der Waals surface area contributed by atoms with Crippen LogP contribution >= 0.6 is 0 Å². The van der Waals surface area contributed by atoms with E-state index in [1.54, 1.807) is 0 Å². The van der Waals surface area contributed by atoms with Gasteiger partial charge in [-0.15, -0.1) is 0 Å². The monoisotopic (exact) mass is 397 g/mol. The van der Waals surface area contributed by atoms with Crippen molar-refractivity contribution in [2.45, 2.75) is 6.42 Å². The van der Waals surface area contributed by atoms with Crippen LogP contribution in [0, 0.1) is 23.7 Å². The maximum atomic E-state index is 13.0. The largest absolute Gasteiger partial charge is 0.323 e. The fourth-order valence-electron chi connectivity index (χ4n) is 5.42. The fraction of sp³-hybridized carbons (Fsp3) is 0.250. The van der Waals surface area contributed by atoms with E-state index in [2.05, 4.69) is 22.5 Å². The summed E-state index contributed by atoms with van der Waals surface area (Å²) in [5.41, 5.74) is 2.20. The Hall–Kier alpha value is -3.54. The zero-order valence-corrected chi connectivity index (χ0v) is 16.1. The highest BCUT2D eigenvalue weighted by molar-refractivity contribution is 6.15. The molecule has 0 radical (unpaired) electrons. The summed E-state index contributed by atoms with van der Waals surface area (Å²) in [6, 6.07) is 15.2. The number of fused-ring (bicyclic) bond motifs is 7. The van der Waals surface area contributed by atoms with Gasteiger partial charge >= 0.3 is 0 Å². The van der Waals surface area contributed by atoms with E-state index in [4.69, 9.17) is 0 Å². The van der Waals surface area contributed by atoms with Gasteiger partial charge in [0.05, 0.1) is 28.6 Å². The lowest BCUT2D eigenvalue weighted by Crippen LogP contribution is -2.39. The molecule has 3 amide bonds. The Labute approximate surface area is 172 Å². The lowest BCUT2D eigenvalue weighted by molar-refractivity contribution is -0.143. The summed E-state index contributed by atoms with van der Waals surface area (Å²) in [7, 11) is 0. The highest BCUT2D eigenvalue weighted by Gasteiger charge is 2.59. The van der Waals surface area contributed by atoms with Crippen LogP contribution in [0.25, 0.3) is 21.8 Å². The molecule has 0 spiro atoms. The van der Waals surface area contributed by atoms with Crippen LogP contribution in [0.4, 0.5) is 5.69 Å².